The second-order valence-electron chi connectivity index (χ2n) is 25.6. The molecule has 0 radical (unpaired) electrons. The normalized spacial score (nSPS) is 14.6. The van der Waals surface area contributed by atoms with Crippen LogP contribution in [0.3, 0.4) is 0 Å². The van der Waals surface area contributed by atoms with Crippen LogP contribution in [0.1, 0.15) is 158 Å². The Hall–Kier alpha value is -10.5. The summed E-state index contributed by atoms with van der Waals surface area (Å²) in [4.78, 5) is 75.2. The Bertz CT molecular complexity index is 4410. The molecule has 5 amide bonds. The summed E-state index contributed by atoms with van der Waals surface area (Å²) in [5, 5.41) is 13.2. The van der Waals surface area contributed by atoms with Crippen LogP contribution in [0.5, 0.6) is 11.5 Å². The number of aryl methyl sites for hydroxylation is 4. The second-order valence-corrected chi connectivity index (χ2v) is 25.6. The monoisotopic (exact) mass is 1350 g/mol. The lowest BCUT2D eigenvalue weighted by molar-refractivity contribution is -0.127. The van der Waals surface area contributed by atoms with Crippen LogP contribution in [0.2, 0.25) is 0 Å². The molecular weight excluding hydrogens is 1250 g/mol. The number of anilines is 2. The van der Waals surface area contributed by atoms with E-state index in [2.05, 4.69) is 52.4 Å². The maximum Gasteiger partial charge on any atom is 0.246 e. The van der Waals surface area contributed by atoms with Crippen LogP contribution >= 0.6 is 0 Å². The highest BCUT2D eigenvalue weighted by Crippen LogP contribution is 2.37. The van der Waals surface area contributed by atoms with E-state index in [9.17, 15) is 24.0 Å². The lowest BCUT2D eigenvalue weighted by Crippen LogP contribution is -2.33. The number of amides is 5. The van der Waals surface area contributed by atoms with Crippen molar-refractivity contribution in [1.29, 1.82) is 0 Å². The molecule has 4 aromatic carbocycles. The van der Waals surface area contributed by atoms with E-state index in [0.29, 0.717) is 34.3 Å². The molecule has 0 aliphatic carbocycles. The fourth-order valence-electron chi connectivity index (χ4n) is 11.0. The standard InChI is InChI=1S/2C25H27N3O4.C15H17NO2.C12H15NO.3CH4/c2*1-15-18-8-6-7-9-19(18)32-22(15)16(2)28(5)21(29)11-10-17-12-20-23(26-13-17)27-24(30)25(3,4)14-31-20;1-5-14(17)16(4)11(3)15-10(2)12-8-6-7-9-13(12)18-15;1-8-10-6-4-5-7-11(10)14-12(8)9(2)13-3;;;/h2*6-13,16H,14H2,1-5H3,(H,26,27,30);5-9,11H,1H2,2-4H3;4-7,9,13H,1-3H3;3*1H4/b2*11-10+;;;;;/t2*16-;11-;9-;;;/m1111.../s1. The minimum atomic E-state index is -0.652. The summed E-state index contributed by atoms with van der Waals surface area (Å²) in [7, 11) is 7.19. The van der Waals surface area contributed by atoms with E-state index in [1.165, 1.54) is 29.2 Å². The molecule has 524 valence electrons. The zero-order valence-corrected chi connectivity index (χ0v) is 57.6. The maximum absolute atomic E-state index is 12.8. The van der Waals surface area contributed by atoms with Crippen molar-refractivity contribution in [2.45, 2.75) is 130 Å². The number of aromatic nitrogens is 2. The summed E-state index contributed by atoms with van der Waals surface area (Å²) in [5.41, 5.74) is 7.95. The van der Waals surface area contributed by atoms with Gasteiger partial charge in [-0.2, -0.15) is 0 Å². The molecule has 8 heterocycles. The summed E-state index contributed by atoms with van der Waals surface area (Å²) in [5.74, 6) is 4.43. The molecule has 2 aliphatic rings. The minimum absolute atomic E-state index is 0. The van der Waals surface area contributed by atoms with Gasteiger partial charge in [-0.3, -0.25) is 24.0 Å². The van der Waals surface area contributed by atoms with Crippen LogP contribution in [0.4, 0.5) is 11.6 Å². The SMILES string of the molecule is C.C.C.C=CC(=O)N(C)[C@H](C)c1oc2ccccc2c1C.CN[C@H](C)c1oc2ccccc2c1C.Cc1c([C@@H](C)N(C)C(=O)/C=C/c2cnc3c(c2)OCC(C)(C)C(=O)N3)oc2ccccc12.Cc1c([C@@H](C)N(C)C(=O)/C=C/c2cnc3c(c2)OCC(C)(C)C(=O)N3)oc2ccccc12. The second kappa shape index (κ2) is 32.7. The summed E-state index contributed by atoms with van der Waals surface area (Å²) < 4.78 is 35.2. The number of hydrogen-bond acceptors (Lipinski definition) is 14. The number of para-hydroxylation sites is 4. The van der Waals surface area contributed by atoms with Crippen molar-refractivity contribution in [3.8, 4) is 11.5 Å². The molecule has 4 atom stereocenters. The molecule has 99 heavy (non-hydrogen) atoms. The largest absolute Gasteiger partial charge is 0.489 e. The highest BCUT2D eigenvalue weighted by atomic mass is 16.5. The summed E-state index contributed by atoms with van der Waals surface area (Å²) >= 11 is 0. The Kier molecular flexibility index (Phi) is 25.6. The van der Waals surface area contributed by atoms with Crippen LogP contribution in [0.25, 0.3) is 56.0 Å². The van der Waals surface area contributed by atoms with Crippen molar-refractivity contribution in [3.63, 3.8) is 0 Å². The molecule has 3 N–H and O–H groups in total. The number of furan rings is 4. The Morgan fingerprint density at radius 3 is 1.10 bits per heavy atom. The van der Waals surface area contributed by atoms with Gasteiger partial charge in [0.2, 0.25) is 29.5 Å². The van der Waals surface area contributed by atoms with Crippen LogP contribution in [-0.2, 0) is 24.0 Å². The van der Waals surface area contributed by atoms with Gasteiger partial charge in [0.25, 0.3) is 0 Å². The van der Waals surface area contributed by atoms with Gasteiger partial charge in [0.15, 0.2) is 23.1 Å². The van der Waals surface area contributed by atoms with Crippen molar-refractivity contribution in [1.82, 2.24) is 30.0 Å². The average Bonchev–Trinajstić information content (AvgIpc) is 1.66. The van der Waals surface area contributed by atoms with E-state index in [4.69, 9.17) is 27.1 Å². The lowest BCUT2D eigenvalue weighted by atomic mass is 9.94. The third kappa shape index (κ3) is 17.1. The van der Waals surface area contributed by atoms with Crippen LogP contribution < -0.4 is 25.4 Å². The number of likely N-dealkylation sites (N-methyl/N-ethyl adjacent to an activating group) is 3. The van der Waals surface area contributed by atoms with Crippen LogP contribution in [0, 0.1) is 38.5 Å². The van der Waals surface area contributed by atoms with Gasteiger partial charge in [0, 0.05) is 83.9 Å². The third-order valence-electron chi connectivity index (χ3n) is 17.9. The fraction of sp³-hybridized carbons (Fsp3) is 0.338. The van der Waals surface area contributed by atoms with Gasteiger partial charge in [-0.15, -0.1) is 0 Å². The topological polar surface area (TPSA) is 228 Å². The first kappa shape index (κ1) is 77.5. The van der Waals surface area contributed by atoms with Gasteiger partial charge in [0.1, 0.15) is 58.6 Å². The Balaban J connectivity index is 0.000000216. The number of rotatable bonds is 13. The molecule has 6 aromatic heterocycles. The summed E-state index contributed by atoms with van der Waals surface area (Å²) in [6.07, 6.45) is 10.9. The van der Waals surface area contributed by atoms with Crippen LogP contribution in [-0.4, -0.2) is 95.6 Å². The van der Waals surface area contributed by atoms with Crippen LogP contribution in [0.15, 0.2) is 164 Å². The van der Waals surface area contributed by atoms with Gasteiger partial charge < -0.3 is 57.8 Å². The van der Waals surface area contributed by atoms with Crippen molar-refractivity contribution >= 4 is 97.2 Å². The highest BCUT2D eigenvalue weighted by Gasteiger charge is 2.35. The molecule has 19 nitrogen and oxygen atoms in total. The number of hydrogen-bond donors (Lipinski definition) is 3. The van der Waals surface area contributed by atoms with Crippen molar-refractivity contribution in [2.75, 3.05) is 52.0 Å². The van der Waals surface area contributed by atoms with E-state index in [0.717, 1.165) is 78.2 Å². The van der Waals surface area contributed by atoms with Gasteiger partial charge in [-0.1, -0.05) is 102 Å². The van der Waals surface area contributed by atoms with E-state index in [1.807, 2.05) is 167 Å². The molecule has 19 heteroatoms. The zero-order valence-electron chi connectivity index (χ0n) is 57.6. The summed E-state index contributed by atoms with van der Waals surface area (Å²) in [6, 6.07) is 35.0. The van der Waals surface area contributed by atoms with E-state index >= 15 is 0 Å². The number of carbonyl (C=O) groups excluding carboxylic acids is 5. The molecule has 10 aromatic rings. The molecule has 0 saturated carbocycles. The molecular formula is C80H98N8O11. The quantitative estimate of drug-likeness (QED) is 0.0913. The van der Waals surface area contributed by atoms with E-state index in [1.54, 1.807) is 72.5 Å². The molecule has 0 unspecified atom stereocenters. The van der Waals surface area contributed by atoms with E-state index in [-0.39, 0.29) is 89.2 Å². The zero-order chi connectivity index (χ0) is 69.5. The van der Waals surface area contributed by atoms with E-state index < -0.39 is 10.8 Å². The number of nitrogens with one attached hydrogen (secondary N) is 3. The first-order valence-electron chi connectivity index (χ1n) is 31.9. The number of ether oxygens (including phenoxy) is 2. The number of fused-ring (bicyclic) bond motifs is 6. The highest BCUT2D eigenvalue weighted by molar-refractivity contribution is 5.98. The predicted molar refractivity (Wildman–Crippen MR) is 398 cm³/mol. The maximum atomic E-state index is 12.8. The number of nitrogens with zero attached hydrogens (tertiary/aromatic N) is 5. The van der Waals surface area contributed by atoms with Gasteiger partial charge in [0.05, 0.1) is 35.0 Å². The smallest absolute Gasteiger partial charge is 0.246 e. The van der Waals surface area contributed by atoms with Crippen molar-refractivity contribution in [2.24, 2.45) is 10.8 Å². The first-order chi connectivity index (χ1) is 45.6. The molecule has 0 spiro atoms. The summed E-state index contributed by atoms with van der Waals surface area (Å²) in [6.45, 7) is 27.3. The third-order valence-corrected chi connectivity index (χ3v) is 17.9. The average molecular weight is 1350 g/mol. The Labute approximate surface area is 582 Å². The fourth-order valence-corrected chi connectivity index (χ4v) is 11.0. The first-order valence-corrected chi connectivity index (χ1v) is 31.9. The van der Waals surface area contributed by atoms with Crippen molar-refractivity contribution in [3.05, 3.63) is 203 Å². The Morgan fingerprint density at radius 2 is 0.798 bits per heavy atom. The molecule has 0 saturated heterocycles. The van der Waals surface area contributed by atoms with Gasteiger partial charge in [-0.25, -0.2) is 9.97 Å². The van der Waals surface area contributed by atoms with Gasteiger partial charge in [-0.05, 0) is 161 Å². The lowest BCUT2D eigenvalue weighted by Gasteiger charge is -2.22. The Morgan fingerprint density at radius 1 is 0.505 bits per heavy atom. The molecule has 0 bridgehead atoms. The minimum Gasteiger partial charge on any atom is -0.489 e. The van der Waals surface area contributed by atoms with Crippen molar-refractivity contribution < 1.29 is 51.1 Å². The predicted octanol–water partition coefficient (Wildman–Crippen LogP) is 17.8. The molecule has 12 rings (SSSR count). The number of benzene rings is 4. The number of carbonyl (C=O) groups is 5. The number of pyridine rings is 2. The molecule has 0 fully saturated rings. The van der Waals surface area contributed by atoms with Gasteiger partial charge >= 0.3 is 0 Å². The molecule has 2 aliphatic heterocycles.